The molecule has 1 saturated carbocycles. The monoisotopic (exact) mass is 324 g/mol. The summed E-state index contributed by atoms with van der Waals surface area (Å²) in [5, 5.41) is 0. The first-order chi connectivity index (χ1) is 8.90. The van der Waals surface area contributed by atoms with E-state index in [1.165, 1.54) is 24.8 Å². The Morgan fingerprint density at radius 3 is 2.79 bits per heavy atom. The molecule has 1 fully saturated rings. The van der Waals surface area contributed by atoms with Crippen LogP contribution < -0.4 is 5.73 Å². The molecule has 2 rings (SSSR count). The number of nitrogen functional groups attached to an aromatic ring is 1. The van der Waals surface area contributed by atoms with Crippen LogP contribution in [0.5, 0.6) is 0 Å². The van der Waals surface area contributed by atoms with Crippen LogP contribution in [0, 0.1) is 17.3 Å². The molecule has 3 unspecified atom stereocenters. The fraction of sp³-hybridized carbons (Fsp3) is 0.688. The number of nitrogens with zero attached hydrogens (tertiary/aromatic N) is 1. The molecule has 106 valence electrons. The Morgan fingerprint density at radius 2 is 2.16 bits per heavy atom. The lowest BCUT2D eigenvalue weighted by Gasteiger charge is -2.42. The van der Waals surface area contributed by atoms with Crippen molar-refractivity contribution in [3.63, 3.8) is 0 Å². The van der Waals surface area contributed by atoms with Crippen molar-refractivity contribution in [2.75, 3.05) is 5.73 Å². The zero-order chi connectivity index (χ0) is 14.0. The minimum atomic E-state index is 0.255. The van der Waals surface area contributed by atoms with Crippen molar-refractivity contribution in [3.05, 3.63) is 24.0 Å². The summed E-state index contributed by atoms with van der Waals surface area (Å²) in [6, 6.07) is 1.90. The second kappa shape index (κ2) is 5.82. The molecule has 0 radical (unpaired) electrons. The molecule has 1 aromatic heterocycles. The van der Waals surface area contributed by atoms with Gasteiger partial charge in [-0.05, 0) is 48.1 Å². The van der Waals surface area contributed by atoms with E-state index in [0.717, 1.165) is 18.0 Å². The van der Waals surface area contributed by atoms with Crippen LogP contribution in [0.1, 0.15) is 45.6 Å². The number of hydrogen-bond donors (Lipinski definition) is 1. The van der Waals surface area contributed by atoms with E-state index in [9.17, 15) is 0 Å². The Bertz CT molecular complexity index is 431. The first-order valence-corrected chi connectivity index (χ1v) is 8.14. The lowest BCUT2D eigenvalue weighted by atomic mass is 9.66. The number of aromatic nitrogens is 1. The number of halogens is 1. The van der Waals surface area contributed by atoms with E-state index in [4.69, 9.17) is 5.73 Å². The molecule has 0 bridgehead atoms. The van der Waals surface area contributed by atoms with E-state index in [1.807, 2.05) is 12.3 Å². The third-order valence-electron chi connectivity index (χ3n) is 4.63. The van der Waals surface area contributed by atoms with Gasteiger partial charge in [0.25, 0.3) is 0 Å². The van der Waals surface area contributed by atoms with Gasteiger partial charge in [0, 0.05) is 22.9 Å². The van der Waals surface area contributed by atoms with E-state index >= 15 is 0 Å². The van der Waals surface area contributed by atoms with E-state index in [1.54, 1.807) is 6.20 Å². The molecule has 1 aliphatic rings. The number of rotatable bonds is 3. The highest BCUT2D eigenvalue weighted by Gasteiger charge is 2.38. The van der Waals surface area contributed by atoms with Gasteiger partial charge in [-0.25, -0.2) is 0 Å². The summed E-state index contributed by atoms with van der Waals surface area (Å²) in [7, 11) is 0. The summed E-state index contributed by atoms with van der Waals surface area (Å²) in [5.41, 5.74) is 8.38. The molecular weight excluding hydrogens is 300 g/mol. The van der Waals surface area contributed by atoms with Gasteiger partial charge in [-0.2, -0.15) is 0 Å². The lowest BCUT2D eigenvalue weighted by molar-refractivity contribution is 0.147. The summed E-state index contributed by atoms with van der Waals surface area (Å²) in [6.07, 6.45) is 8.64. The highest BCUT2D eigenvalue weighted by molar-refractivity contribution is 9.09. The summed E-state index contributed by atoms with van der Waals surface area (Å²) in [6.45, 7) is 7.10. The van der Waals surface area contributed by atoms with Gasteiger partial charge >= 0.3 is 0 Å². The van der Waals surface area contributed by atoms with Gasteiger partial charge in [0.15, 0.2) is 0 Å². The van der Waals surface area contributed by atoms with Crippen LogP contribution in [0.15, 0.2) is 18.5 Å². The van der Waals surface area contributed by atoms with Crippen LogP contribution in [0.25, 0.3) is 0 Å². The average Bonchev–Trinajstić information content (AvgIpc) is 2.31. The zero-order valence-electron chi connectivity index (χ0n) is 12.2. The first kappa shape index (κ1) is 14.8. The van der Waals surface area contributed by atoms with E-state index in [-0.39, 0.29) is 5.41 Å². The predicted octanol–water partition coefficient (Wildman–Crippen LogP) is 4.43. The normalized spacial score (nSPS) is 28.3. The second-order valence-corrected chi connectivity index (χ2v) is 7.96. The fourth-order valence-electron chi connectivity index (χ4n) is 3.40. The van der Waals surface area contributed by atoms with Gasteiger partial charge in [0.2, 0.25) is 0 Å². The molecule has 1 aromatic rings. The number of alkyl halides is 1. The Morgan fingerprint density at radius 1 is 1.42 bits per heavy atom. The molecule has 19 heavy (non-hydrogen) atoms. The van der Waals surface area contributed by atoms with Gasteiger partial charge < -0.3 is 5.73 Å². The van der Waals surface area contributed by atoms with Gasteiger partial charge in [-0.3, -0.25) is 4.98 Å². The summed E-state index contributed by atoms with van der Waals surface area (Å²) in [5.74, 6) is 1.56. The highest BCUT2D eigenvalue weighted by atomic mass is 79.9. The standard InChI is InChI=1S/C16H25BrN2/c1-11-4-5-13(14(17)8-11)16(2,3)9-12-10-19-7-6-15(12)18/h6-7,10-11,13-14H,4-5,8-9H2,1-3H3,(H2,18,19). The topological polar surface area (TPSA) is 38.9 Å². The summed E-state index contributed by atoms with van der Waals surface area (Å²) < 4.78 is 0. The third-order valence-corrected chi connectivity index (χ3v) is 5.64. The lowest BCUT2D eigenvalue weighted by Crippen LogP contribution is -2.37. The van der Waals surface area contributed by atoms with Crippen molar-refractivity contribution < 1.29 is 0 Å². The second-order valence-electron chi connectivity index (χ2n) is 6.78. The zero-order valence-corrected chi connectivity index (χ0v) is 13.8. The van der Waals surface area contributed by atoms with Crippen LogP contribution in [0.2, 0.25) is 0 Å². The van der Waals surface area contributed by atoms with Gasteiger partial charge in [0.05, 0.1) is 0 Å². The third kappa shape index (κ3) is 3.50. The minimum Gasteiger partial charge on any atom is -0.398 e. The predicted molar refractivity (Wildman–Crippen MR) is 85.4 cm³/mol. The molecule has 1 heterocycles. The molecule has 2 N–H and O–H groups in total. The van der Waals surface area contributed by atoms with Crippen LogP contribution in [-0.2, 0) is 6.42 Å². The average molecular weight is 325 g/mol. The Labute approximate surface area is 125 Å². The van der Waals surface area contributed by atoms with E-state index < -0.39 is 0 Å². The van der Waals surface area contributed by atoms with Crippen molar-refractivity contribution in [1.82, 2.24) is 4.98 Å². The van der Waals surface area contributed by atoms with Gasteiger partial charge in [-0.1, -0.05) is 43.1 Å². The molecule has 0 aliphatic heterocycles. The Kier molecular flexibility index (Phi) is 4.54. The quantitative estimate of drug-likeness (QED) is 0.835. The van der Waals surface area contributed by atoms with Crippen molar-refractivity contribution in [2.24, 2.45) is 17.3 Å². The molecule has 0 amide bonds. The van der Waals surface area contributed by atoms with Crippen molar-refractivity contribution in [1.29, 1.82) is 0 Å². The van der Waals surface area contributed by atoms with Crippen LogP contribution in [0.4, 0.5) is 5.69 Å². The summed E-state index contributed by atoms with van der Waals surface area (Å²) >= 11 is 3.92. The van der Waals surface area contributed by atoms with Crippen molar-refractivity contribution in [3.8, 4) is 0 Å². The molecule has 0 saturated heterocycles. The highest BCUT2D eigenvalue weighted by Crippen LogP contribution is 2.45. The SMILES string of the molecule is CC1CCC(C(C)(C)Cc2cnccc2N)C(Br)C1. The molecule has 0 spiro atoms. The van der Waals surface area contributed by atoms with Crippen LogP contribution in [0.3, 0.4) is 0 Å². The van der Waals surface area contributed by atoms with Gasteiger partial charge in [0.1, 0.15) is 0 Å². The molecule has 1 aliphatic carbocycles. The van der Waals surface area contributed by atoms with Crippen molar-refractivity contribution >= 4 is 21.6 Å². The number of hydrogen-bond acceptors (Lipinski definition) is 2. The first-order valence-electron chi connectivity index (χ1n) is 7.22. The maximum atomic E-state index is 6.06. The molecule has 2 nitrogen and oxygen atoms in total. The fourth-order valence-corrected chi connectivity index (χ4v) is 5.02. The number of pyridine rings is 1. The smallest absolute Gasteiger partial charge is 0.0377 e. The maximum Gasteiger partial charge on any atom is 0.0377 e. The van der Waals surface area contributed by atoms with E-state index in [0.29, 0.717) is 10.7 Å². The minimum absolute atomic E-state index is 0.255. The largest absolute Gasteiger partial charge is 0.398 e. The van der Waals surface area contributed by atoms with Gasteiger partial charge in [-0.15, -0.1) is 0 Å². The van der Waals surface area contributed by atoms with Crippen LogP contribution in [-0.4, -0.2) is 9.81 Å². The molecule has 3 atom stereocenters. The summed E-state index contributed by atoms with van der Waals surface area (Å²) in [4.78, 5) is 4.84. The number of nitrogens with two attached hydrogens (primary N) is 1. The molecular formula is C16H25BrN2. The van der Waals surface area contributed by atoms with Crippen LogP contribution >= 0.6 is 15.9 Å². The maximum absolute atomic E-state index is 6.06. The molecule has 3 heteroatoms. The Balaban J connectivity index is 2.12. The number of anilines is 1. The Hall–Kier alpha value is -0.570. The van der Waals surface area contributed by atoms with Crippen molar-refractivity contribution in [2.45, 2.75) is 51.3 Å². The molecule has 0 aromatic carbocycles. The van der Waals surface area contributed by atoms with E-state index in [2.05, 4.69) is 41.7 Å².